The highest BCUT2D eigenvalue weighted by atomic mass is 32.2. The summed E-state index contributed by atoms with van der Waals surface area (Å²) in [6, 6.07) is 8.02. The van der Waals surface area contributed by atoms with Crippen molar-refractivity contribution in [3.8, 4) is 0 Å². The lowest BCUT2D eigenvalue weighted by atomic mass is 9.93. The standard InChI is InChI=1S/C24H28FN3O2S/c1-15-12-19(27(3)26-15)13-18-14-28(11-10-22(18)31-16(2)29)23(24(30)17-8-9-17)20-6-4-5-7-21(20)25/h4-7,12-13,17,22-23H,8-11,14H2,1-3H3/b18-13+. The maximum Gasteiger partial charge on any atom is 0.186 e. The third kappa shape index (κ3) is 4.99. The molecule has 2 unspecified atom stereocenters. The Kier molecular flexibility index (Phi) is 6.44. The largest absolute Gasteiger partial charge is 0.297 e. The number of nitrogens with zero attached hydrogens (tertiary/aromatic N) is 3. The zero-order valence-electron chi connectivity index (χ0n) is 18.2. The predicted molar refractivity (Wildman–Crippen MR) is 121 cm³/mol. The summed E-state index contributed by atoms with van der Waals surface area (Å²) in [5.41, 5.74) is 3.40. The van der Waals surface area contributed by atoms with Crippen LogP contribution in [0.5, 0.6) is 0 Å². The van der Waals surface area contributed by atoms with Crippen LogP contribution in [0.25, 0.3) is 6.08 Å². The van der Waals surface area contributed by atoms with Crippen LogP contribution in [-0.4, -0.2) is 43.9 Å². The van der Waals surface area contributed by atoms with Crippen molar-refractivity contribution in [2.75, 3.05) is 13.1 Å². The average molecular weight is 442 g/mol. The fourth-order valence-corrected chi connectivity index (χ4v) is 5.27. The van der Waals surface area contributed by atoms with Crippen molar-refractivity contribution in [3.63, 3.8) is 0 Å². The molecule has 1 saturated heterocycles. The molecule has 2 aliphatic rings. The Balaban J connectivity index is 1.69. The topological polar surface area (TPSA) is 55.2 Å². The van der Waals surface area contributed by atoms with Gasteiger partial charge in [-0.25, -0.2) is 4.39 Å². The summed E-state index contributed by atoms with van der Waals surface area (Å²) >= 11 is 1.33. The molecule has 1 aromatic carbocycles. The van der Waals surface area contributed by atoms with Crippen molar-refractivity contribution in [1.29, 1.82) is 0 Å². The molecule has 4 rings (SSSR count). The highest BCUT2D eigenvalue weighted by Gasteiger charge is 2.41. The van der Waals surface area contributed by atoms with Crippen LogP contribution in [0.4, 0.5) is 4.39 Å². The maximum absolute atomic E-state index is 14.7. The number of carbonyl (C=O) groups excluding carboxylic acids is 2. The molecule has 2 aromatic rings. The lowest BCUT2D eigenvalue weighted by molar-refractivity contribution is -0.126. The van der Waals surface area contributed by atoms with Crippen molar-refractivity contribution in [3.05, 3.63) is 58.7 Å². The monoisotopic (exact) mass is 441 g/mol. The van der Waals surface area contributed by atoms with Gasteiger partial charge in [0.2, 0.25) is 0 Å². The molecule has 2 heterocycles. The highest BCUT2D eigenvalue weighted by molar-refractivity contribution is 8.14. The summed E-state index contributed by atoms with van der Waals surface area (Å²) in [5, 5.41) is 4.53. The van der Waals surface area contributed by atoms with Gasteiger partial charge in [0.1, 0.15) is 5.82 Å². The van der Waals surface area contributed by atoms with E-state index in [4.69, 9.17) is 0 Å². The lowest BCUT2D eigenvalue weighted by Crippen LogP contribution is -2.43. The van der Waals surface area contributed by atoms with Crippen LogP contribution in [0.2, 0.25) is 0 Å². The van der Waals surface area contributed by atoms with Gasteiger partial charge in [-0.1, -0.05) is 30.0 Å². The average Bonchev–Trinajstić information content (AvgIpc) is 3.51. The first-order valence-corrected chi connectivity index (χ1v) is 11.6. The summed E-state index contributed by atoms with van der Waals surface area (Å²) in [4.78, 5) is 27.2. The van der Waals surface area contributed by atoms with E-state index >= 15 is 0 Å². The third-order valence-electron chi connectivity index (χ3n) is 5.97. The second-order valence-corrected chi connectivity index (χ2v) is 9.89. The fraction of sp³-hybridized carbons (Fsp3) is 0.458. The number of ketones is 1. The number of benzene rings is 1. The smallest absolute Gasteiger partial charge is 0.186 e. The van der Waals surface area contributed by atoms with Gasteiger partial charge in [0.05, 0.1) is 17.4 Å². The van der Waals surface area contributed by atoms with E-state index in [2.05, 4.69) is 16.1 Å². The van der Waals surface area contributed by atoms with Gasteiger partial charge in [-0.2, -0.15) is 5.10 Å². The van der Waals surface area contributed by atoms with E-state index in [1.54, 1.807) is 25.1 Å². The van der Waals surface area contributed by atoms with Crippen molar-refractivity contribution in [2.45, 2.75) is 44.4 Å². The number of rotatable bonds is 6. The van der Waals surface area contributed by atoms with Gasteiger partial charge in [0.15, 0.2) is 10.9 Å². The Hall–Kier alpha value is -2.25. The molecule has 0 spiro atoms. The van der Waals surface area contributed by atoms with Gasteiger partial charge in [0.25, 0.3) is 0 Å². The number of likely N-dealkylation sites (tertiary alicyclic amines) is 1. The van der Waals surface area contributed by atoms with Crippen LogP contribution in [0, 0.1) is 18.7 Å². The second-order valence-electron chi connectivity index (χ2n) is 8.51. The van der Waals surface area contributed by atoms with Crippen molar-refractivity contribution in [2.24, 2.45) is 13.0 Å². The first-order valence-electron chi connectivity index (χ1n) is 10.7. The molecular weight excluding hydrogens is 413 g/mol. The number of thioether (sulfide) groups is 1. The quantitative estimate of drug-likeness (QED) is 0.668. The maximum atomic E-state index is 14.7. The minimum atomic E-state index is -0.589. The molecule has 0 bridgehead atoms. The van der Waals surface area contributed by atoms with Crippen LogP contribution in [0.3, 0.4) is 0 Å². The molecule has 1 aliphatic heterocycles. The lowest BCUT2D eigenvalue weighted by Gasteiger charge is -2.38. The zero-order valence-corrected chi connectivity index (χ0v) is 19.0. The molecule has 1 saturated carbocycles. The summed E-state index contributed by atoms with van der Waals surface area (Å²) in [6.45, 7) is 4.69. The van der Waals surface area contributed by atoms with Crippen molar-refractivity contribution >= 4 is 28.7 Å². The molecule has 2 atom stereocenters. The second kappa shape index (κ2) is 9.09. The van der Waals surface area contributed by atoms with Crippen LogP contribution in [0.15, 0.2) is 35.9 Å². The molecule has 0 radical (unpaired) electrons. The van der Waals surface area contributed by atoms with E-state index < -0.39 is 6.04 Å². The molecule has 2 fully saturated rings. The highest BCUT2D eigenvalue weighted by Crippen LogP contribution is 2.40. The number of hydrogen-bond donors (Lipinski definition) is 0. The predicted octanol–water partition coefficient (Wildman–Crippen LogP) is 4.33. The molecule has 0 N–H and O–H groups in total. The van der Waals surface area contributed by atoms with E-state index in [1.165, 1.54) is 17.8 Å². The zero-order chi connectivity index (χ0) is 22.1. The van der Waals surface area contributed by atoms with Gasteiger partial charge in [0, 0.05) is 43.8 Å². The van der Waals surface area contributed by atoms with E-state index in [-0.39, 0.29) is 27.9 Å². The number of carbonyl (C=O) groups is 2. The Morgan fingerprint density at radius 3 is 2.61 bits per heavy atom. The number of Topliss-reactive ketones (excluding diaryl/α,β-unsaturated/α-hetero) is 1. The number of piperidine rings is 1. The number of aryl methyl sites for hydroxylation is 2. The molecule has 0 amide bonds. The van der Waals surface area contributed by atoms with Crippen molar-refractivity contribution in [1.82, 2.24) is 14.7 Å². The SMILES string of the molecule is CC(=O)SC1CCN(C(C(=O)C2CC2)c2ccccc2F)C/C1=C\c1cc(C)nn1C. The van der Waals surface area contributed by atoms with Crippen LogP contribution < -0.4 is 0 Å². The van der Waals surface area contributed by atoms with Crippen LogP contribution in [-0.2, 0) is 16.6 Å². The number of hydrogen-bond acceptors (Lipinski definition) is 5. The summed E-state index contributed by atoms with van der Waals surface area (Å²) in [5.74, 6) is -0.200. The molecule has 7 heteroatoms. The normalized spacial score (nSPS) is 21.9. The first-order chi connectivity index (χ1) is 14.8. The van der Waals surface area contributed by atoms with E-state index in [1.807, 2.05) is 24.7 Å². The Morgan fingerprint density at radius 2 is 2.00 bits per heavy atom. The van der Waals surface area contributed by atoms with Crippen LogP contribution >= 0.6 is 11.8 Å². The van der Waals surface area contributed by atoms with Crippen molar-refractivity contribution < 1.29 is 14.0 Å². The molecule has 164 valence electrons. The van der Waals surface area contributed by atoms with Gasteiger partial charge in [-0.3, -0.25) is 19.2 Å². The minimum absolute atomic E-state index is 0.0288. The first kappa shape index (κ1) is 22.0. The summed E-state index contributed by atoms with van der Waals surface area (Å²) in [6.07, 6.45) is 4.58. The summed E-state index contributed by atoms with van der Waals surface area (Å²) in [7, 11) is 1.89. The van der Waals surface area contributed by atoms with Gasteiger partial charge < -0.3 is 0 Å². The molecule has 1 aliphatic carbocycles. The summed E-state index contributed by atoms with van der Waals surface area (Å²) < 4.78 is 16.6. The molecule has 5 nitrogen and oxygen atoms in total. The van der Waals surface area contributed by atoms with E-state index in [0.29, 0.717) is 18.7 Å². The number of aromatic nitrogens is 2. The fourth-order valence-electron chi connectivity index (χ4n) is 4.35. The molecular formula is C24H28FN3O2S. The molecule has 31 heavy (non-hydrogen) atoms. The Morgan fingerprint density at radius 1 is 1.26 bits per heavy atom. The van der Waals surface area contributed by atoms with Crippen LogP contribution in [0.1, 0.15) is 49.2 Å². The van der Waals surface area contributed by atoms with Gasteiger partial charge >= 0.3 is 0 Å². The van der Waals surface area contributed by atoms with E-state index in [0.717, 1.165) is 36.2 Å². The van der Waals surface area contributed by atoms with Gasteiger partial charge in [-0.15, -0.1) is 0 Å². The minimum Gasteiger partial charge on any atom is -0.297 e. The Bertz CT molecular complexity index is 1030. The Labute approximate surface area is 186 Å². The number of halogens is 1. The third-order valence-corrected chi connectivity index (χ3v) is 7.13. The van der Waals surface area contributed by atoms with E-state index in [9.17, 15) is 14.0 Å². The van der Waals surface area contributed by atoms with Gasteiger partial charge in [-0.05, 0) is 50.0 Å². The molecule has 1 aromatic heterocycles.